The van der Waals surface area contributed by atoms with E-state index >= 15 is 0 Å². The van der Waals surface area contributed by atoms with E-state index in [4.69, 9.17) is 15.0 Å². The highest BCUT2D eigenvalue weighted by atomic mass is 15.0. The van der Waals surface area contributed by atoms with E-state index in [0.29, 0.717) is 11.6 Å². The first-order valence-corrected chi connectivity index (χ1v) is 11.2. The number of nitrogens with zero attached hydrogens (tertiary/aromatic N) is 3. The monoisotopic (exact) mass is 421 g/mol. The molecule has 0 N–H and O–H groups in total. The van der Waals surface area contributed by atoms with Crippen molar-refractivity contribution in [2.24, 2.45) is 0 Å². The third kappa shape index (κ3) is 4.62. The van der Waals surface area contributed by atoms with Crippen molar-refractivity contribution in [3.63, 3.8) is 0 Å². The number of rotatable bonds is 3. The van der Waals surface area contributed by atoms with Gasteiger partial charge in [-0.05, 0) is 22.1 Å². The highest BCUT2D eigenvalue weighted by molar-refractivity contribution is 5.81. The van der Waals surface area contributed by atoms with E-state index in [9.17, 15) is 0 Å². The second kappa shape index (κ2) is 8.31. The summed E-state index contributed by atoms with van der Waals surface area (Å²) in [6, 6.07) is 27.3. The van der Waals surface area contributed by atoms with Gasteiger partial charge in [0.05, 0.1) is 0 Å². The first-order chi connectivity index (χ1) is 15.1. The van der Waals surface area contributed by atoms with Crippen LogP contribution in [0.2, 0.25) is 0 Å². The lowest BCUT2D eigenvalue weighted by molar-refractivity contribution is 0.543. The van der Waals surface area contributed by atoms with Gasteiger partial charge < -0.3 is 0 Å². The zero-order chi connectivity index (χ0) is 22.9. The largest absolute Gasteiger partial charge is 0.212 e. The molecule has 0 spiro atoms. The number of hydrogen-bond donors (Lipinski definition) is 0. The Morgan fingerprint density at radius 1 is 0.469 bits per heavy atom. The van der Waals surface area contributed by atoms with E-state index in [0.717, 1.165) is 28.1 Å². The van der Waals surface area contributed by atoms with Gasteiger partial charge in [0.25, 0.3) is 0 Å². The van der Waals surface area contributed by atoms with Gasteiger partial charge in [-0.1, -0.05) is 120 Å². The highest BCUT2D eigenvalue weighted by Gasteiger charge is 2.22. The third-order valence-corrected chi connectivity index (χ3v) is 5.57. The Balaban J connectivity index is 1.89. The molecule has 0 amide bonds. The summed E-state index contributed by atoms with van der Waals surface area (Å²) in [5, 5.41) is 0. The molecule has 3 heteroatoms. The lowest BCUT2D eigenvalue weighted by atomic mass is 9.86. The first kappa shape index (κ1) is 21.9. The van der Waals surface area contributed by atoms with Gasteiger partial charge in [0, 0.05) is 16.5 Å². The molecule has 0 atom stereocenters. The molecule has 0 fully saturated rings. The minimum Gasteiger partial charge on any atom is -0.212 e. The van der Waals surface area contributed by atoms with Crippen molar-refractivity contribution in [1.82, 2.24) is 15.0 Å². The molecule has 3 nitrogen and oxygen atoms in total. The maximum atomic E-state index is 4.94. The molecular weight excluding hydrogens is 390 g/mol. The van der Waals surface area contributed by atoms with Crippen LogP contribution >= 0.6 is 0 Å². The standard InChI is InChI=1S/C29H31N3/c1-28(2,3)22-18-16-21(17-19-22)25-30-26(32-27(31-25)29(4,5)6)24-15-11-10-14-23(24)20-12-8-7-9-13-20/h7-19H,1-6H3. The minimum atomic E-state index is -0.195. The van der Waals surface area contributed by atoms with Crippen molar-refractivity contribution >= 4 is 0 Å². The van der Waals surface area contributed by atoms with E-state index in [-0.39, 0.29) is 10.8 Å². The lowest BCUT2D eigenvalue weighted by Gasteiger charge is -2.20. The van der Waals surface area contributed by atoms with Gasteiger partial charge in [0.15, 0.2) is 11.6 Å². The van der Waals surface area contributed by atoms with Gasteiger partial charge in [-0.2, -0.15) is 0 Å². The summed E-state index contributed by atoms with van der Waals surface area (Å²) in [6.07, 6.45) is 0. The fraction of sp³-hybridized carbons (Fsp3) is 0.276. The maximum Gasteiger partial charge on any atom is 0.164 e. The van der Waals surface area contributed by atoms with E-state index in [1.54, 1.807) is 0 Å². The number of benzene rings is 3. The van der Waals surface area contributed by atoms with Crippen molar-refractivity contribution < 1.29 is 0 Å². The Labute approximate surface area is 191 Å². The van der Waals surface area contributed by atoms with Crippen molar-refractivity contribution in [1.29, 1.82) is 0 Å². The lowest BCUT2D eigenvalue weighted by Crippen LogP contribution is -2.18. The second-order valence-corrected chi connectivity index (χ2v) is 10.3. The normalized spacial score (nSPS) is 12.1. The molecule has 0 aliphatic heterocycles. The van der Waals surface area contributed by atoms with Gasteiger partial charge in [-0.15, -0.1) is 0 Å². The van der Waals surface area contributed by atoms with Crippen LogP contribution in [0.15, 0.2) is 78.9 Å². The van der Waals surface area contributed by atoms with E-state index < -0.39 is 0 Å². The van der Waals surface area contributed by atoms with Crippen LogP contribution in [0.5, 0.6) is 0 Å². The Bertz CT molecular complexity index is 1210. The molecule has 0 saturated carbocycles. The summed E-state index contributed by atoms with van der Waals surface area (Å²) in [5.41, 5.74) is 5.49. The van der Waals surface area contributed by atoms with Crippen molar-refractivity contribution in [2.45, 2.75) is 52.4 Å². The second-order valence-electron chi connectivity index (χ2n) is 10.3. The van der Waals surface area contributed by atoms with Crippen LogP contribution in [0.3, 0.4) is 0 Å². The van der Waals surface area contributed by atoms with Crippen LogP contribution in [0.25, 0.3) is 33.9 Å². The molecule has 1 heterocycles. The molecule has 0 saturated heterocycles. The van der Waals surface area contributed by atoms with Crippen LogP contribution in [-0.2, 0) is 10.8 Å². The topological polar surface area (TPSA) is 38.7 Å². The summed E-state index contributed by atoms with van der Waals surface area (Å²) in [5.74, 6) is 2.21. The van der Waals surface area contributed by atoms with Crippen LogP contribution in [-0.4, -0.2) is 15.0 Å². The maximum absolute atomic E-state index is 4.94. The highest BCUT2D eigenvalue weighted by Crippen LogP contribution is 2.33. The summed E-state index contributed by atoms with van der Waals surface area (Å²) in [4.78, 5) is 14.7. The Morgan fingerprint density at radius 3 is 1.62 bits per heavy atom. The average molecular weight is 422 g/mol. The molecule has 4 rings (SSSR count). The van der Waals surface area contributed by atoms with Crippen molar-refractivity contribution in [3.8, 4) is 33.9 Å². The smallest absolute Gasteiger partial charge is 0.164 e. The zero-order valence-corrected chi connectivity index (χ0v) is 19.8. The molecule has 0 aliphatic carbocycles. The number of hydrogen-bond acceptors (Lipinski definition) is 3. The molecule has 162 valence electrons. The molecule has 4 aromatic rings. The van der Waals surface area contributed by atoms with Crippen molar-refractivity contribution in [3.05, 3.63) is 90.3 Å². The van der Waals surface area contributed by atoms with Crippen molar-refractivity contribution in [2.75, 3.05) is 0 Å². The Kier molecular flexibility index (Phi) is 5.68. The van der Waals surface area contributed by atoms with Gasteiger partial charge in [-0.3, -0.25) is 0 Å². The molecule has 3 aromatic carbocycles. The SMILES string of the molecule is CC(C)(C)c1ccc(-c2nc(-c3ccccc3-c3ccccc3)nc(C(C)(C)C)n2)cc1. The third-order valence-electron chi connectivity index (χ3n) is 5.57. The Morgan fingerprint density at radius 2 is 1.03 bits per heavy atom. The first-order valence-electron chi connectivity index (χ1n) is 11.2. The fourth-order valence-corrected chi connectivity index (χ4v) is 3.63. The summed E-state index contributed by atoms with van der Waals surface area (Å²) >= 11 is 0. The van der Waals surface area contributed by atoms with Gasteiger partial charge in [-0.25, -0.2) is 15.0 Å². The minimum absolute atomic E-state index is 0.105. The van der Waals surface area contributed by atoms with Crippen LogP contribution < -0.4 is 0 Å². The quantitative estimate of drug-likeness (QED) is 0.344. The molecule has 0 bridgehead atoms. The van der Waals surface area contributed by atoms with Crippen LogP contribution in [0, 0.1) is 0 Å². The Hall–Kier alpha value is -3.33. The van der Waals surface area contributed by atoms with E-state index in [1.807, 2.05) is 12.1 Å². The predicted molar refractivity (Wildman–Crippen MR) is 134 cm³/mol. The molecule has 0 aliphatic rings. The molecule has 32 heavy (non-hydrogen) atoms. The van der Waals surface area contributed by atoms with E-state index in [2.05, 4.69) is 108 Å². The molecule has 1 aromatic heterocycles. The van der Waals surface area contributed by atoms with Crippen LogP contribution in [0.1, 0.15) is 52.9 Å². The number of aromatic nitrogens is 3. The summed E-state index contributed by atoms with van der Waals surface area (Å²) in [6.45, 7) is 13.1. The van der Waals surface area contributed by atoms with Gasteiger partial charge >= 0.3 is 0 Å². The zero-order valence-electron chi connectivity index (χ0n) is 19.8. The molecule has 0 radical (unpaired) electrons. The summed E-state index contributed by atoms with van der Waals surface area (Å²) in [7, 11) is 0. The molecule has 0 unspecified atom stereocenters. The fourth-order valence-electron chi connectivity index (χ4n) is 3.63. The average Bonchev–Trinajstić information content (AvgIpc) is 2.78. The van der Waals surface area contributed by atoms with Crippen LogP contribution in [0.4, 0.5) is 0 Å². The van der Waals surface area contributed by atoms with Gasteiger partial charge in [0.2, 0.25) is 0 Å². The van der Waals surface area contributed by atoms with Gasteiger partial charge in [0.1, 0.15) is 5.82 Å². The van der Waals surface area contributed by atoms with E-state index in [1.165, 1.54) is 5.56 Å². The molecular formula is C29H31N3. The predicted octanol–water partition coefficient (Wildman–Crippen LogP) is 7.47. The summed E-state index contributed by atoms with van der Waals surface area (Å²) < 4.78 is 0.